The maximum atomic E-state index is 13.1. The molecule has 2 atom stereocenters. The molecule has 1 heterocycles. The van der Waals surface area contributed by atoms with E-state index in [2.05, 4.69) is 16.2 Å². The van der Waals surface area contributed by atoms with Crippen LogP contribution in [-0.2, 0) is 17.5 Å². The fraction of sp³-hybridized carbons (Fsp3) is 0.278. The topological polar surface area (TPSA) is 96.3 Å². The maximum Gasteiger partial charge on any atom is 0.416 e. The van der Waals surface area contributed by atoms with Gasteiger partial charge in [0.15, 0.2) is 0 Å². The second-order valence-corrected chi connectivity index (χ2v) is 6.33. The number of hydrogen-bond acceptors (Lipinski definition) is 5. The molecule has 1 saturated heterocycles. The minimum absolute atomic E-state index is 0.0193. The molecule has 0 aliphatic carbocycles. The molecule has 0 saturated carbocycles. The largest absolute Gasteiger partial charge is 0.416 e. The number of nitrogens with one attached hydrogen (secondary N) is 3. The van der Waals surface area contributed by atoms with E-state index in [4.69, 9.17) is 0 Å². The predicted octanol–water partition coefficient (Wildman–Crippen LogP) is 2.70. The van der Waals surface area contributed by atoms with Crippen molar-refractivity contribution in [1.29, 1.82) is 0 Å². The van der Waals surface area contributed by atoms with E-state index in [1.54, 1.807) is 12.1 Å². The van der Waals surface area contributed by atoms with Crippen molar-refractivity contribution in [3.63, 3.8) is 0 Å². The number of hydrogen-bond donors (Lipinski definition) is 3. The molecule has 7 nitrogen and oxygen atoms in total. The highest BCUT2D eigenvalue weighted by Crippen LogP contribution is 2.32. The molecule has 2 unspecified atom stereocenters. The average molecular weight is 394 g/mol. The second kappa shape index (κ2) is 7.95. The summed E-state index contributed by atoms with van der Waals surface area (Å²) in [5.41, 5.74) is 5.56. The summed E-state index contributed by atoms with van der Waals surface area (Å²) in [6.07, 6.45) is -4.50. The Kier molecular flexibility index (Phi) is 5.61. The van der Waals surface area contributed by atoms with Crippen LogP contribution in [0.25, 0.3) is 0 Å². The fourth-order valence-corrected chi connectivity index (χ4v) is 3.12. The Morgan fingerprint density at radius 2 is 1.86 bits per heavy atom. The SMILES string of the molecule is O=C(NCc1ccccc1C(F)(F)F)C1CNNC1c1ccc([N+](=O)[O-])cc1. The molecule has 0 aromatic heterocycles. The third-order valence-corrected chi connectivity index (χ3v) is 4.56. The molecular formula is C18H17F3N4O3. The molecule has 3 N–H and O–H groups in total. The van der Waals surface area contributed by atoms with Crippen molar-refractivity contribution < 1.29 is 22.9 Å². The number of amides is 1. The van der Waals surface area contributed by atoms with Crippen molar-refractivity contribution in [1.82, 2.24) is 16.2 Å². The van der Waals surface area contributed by atoms with Crippen LogP contribution in [0.15, 0.2) is 48.5 Å². The second-order valence-electron chi connectivity index (χ2n) is 6.33. The van der Waals surface area contributed by atoms with Crippen molar-refractivity contribution in [3.05, 3.63) is 75.3 Å². The highest BCUT2D eigenvalue weighted by molar-refractivity contribution is 5.80. The van der Waals surface area contributed by atoms with Crippen LogP contribution in [0.2, 0.25) is 0 Å². The Bertz CT molecular complexity index is 871. The molecule has 0 bridgehead atoms. The van der Waals surface area contributed by atoms with E-state index < -0.39 is 34.5 Å². The van der Waals surface area contributed by atoms with Crippen molar-refractivity contribution in [2.24, 2.45) is 5.92 Å². The van der Waals surface area contributed by atoms with Crippen molar-refractivity contribution in [2.75, 3.05) is 6.54 Å². The summed E-state index contributed by atoms with van der Waals surface area (Å²) in [4.78, 5) is 22.8. The first-order valence-corrected chi connectivity index (χ1v) is 8.43. The van der Waals surface area contributed by atoms with Crippen LogP contribution in [0.3, 0.4) is 0 Å². The van der Waals surface area contributed by atoms with E-state index >= 15 is 0 Å². The lowest BCUT2D eigenvalue weighted by molar-refractivity contribution is -0.384. The lowest BCUT2D eigenvalue weighted by atomic mass is 9.94. The molecule has 10 heteroatoms. The summed E-state index contributed by atoms with van der Waals surface area (Å²) in [5.74, 6) is -1.00. The van der Waals surface area contributed by atoms with Crippen LogP contribution in [0.5, 0.6) is 0 Å². The maximum absolute atomic E-state index is 13.1. The highest BCUT2D eigenvalue weighted by Gasteiger charge is 2.35. The number of carbonyl (C=O) groups is 1. The number of nitrogens with zero attached hydrogens (tertiary/aromatic N) is 1. The zero-order valence-electron chi connectivity index (χ0n) is 14.5. The van der Waals surface area contributed by atoms with Crippen LogP contribution in [-0.4, -0.2) is 17.4 Å². The first-order valence-electron chi connectivity index (χ1n) is 8.43. The molecule has 3 rings (SSSR count). The fourth-order valence-electron chi connectivity index (χ4n) is 3.12. The number of hydrazine groups is 1. The third kappa shape index (κ3) is 4.29. The standard InChI is InChI=1S/C18H17F3N4O3/c19-18(20,21)15-4-2-1-3-12(15)9-22-17(26)14-10-23-24-16(14)11-5-7-13(8-6-11)25(27)28/h1-8,14,16,23-24H,9-10H2,(H,22,26). The predicted molar refractivity (Wildman–Crippen MR) is 93.8 cm³/mol. The number of halogens is 3. The number of benzene rings is 2. The number of alkyl halides is 3. The van der Waals surface area contributed by atoms with Crippen molar-refractivity contribution >= 4 is 11.6 Å². The Balaban J connectivity index is 1.70. The number of carbonyl (C=O) groups excluding carboxylic acids is 1. The molecular weight excluding hydrogens is 377 g/mol. The summed E-state index contributed by atoms with van der Waals surface area (Å²) in [7, 11) is 0. The van der Waals surface area contributed by atoms with Gasteiger partial charge in [0.1, 0.15) is 0 Å². The van der Waals surface area contributed by atoms with Crippen molar-refractivity contribution in [3.8, 4) is 0 Å². The Labute approximate surface area is 158 Å². The van der Waals surface area contributed by atoms with Crippen LogP contribution in [0.4, 0.5) is 18.9 Å². The van der Waals surface area contributed by atoms with Crippen LogP contribution in [0.1, 0.15) is 22.7 Å². The molecule has 2 aromatic rings. The minimum Gasteiger partial charge on any atom is -0.352 e. The van der Waals surface area contributed by atoms with Gasteiger partial charge in [0.2, 0.25) is 5.91 Å². The van der Waals surface area contributed by atoms with E-state index in [9.17, 15) is 28.1 Å². The molecule has 1 aliphatic heterocycles. The third-order valence-electron chi connectivity index (χ3n) is 4.56. The van der Waals surface area contributed by atoms with E-state index in [0.717, 1.165) is 6.07 Å². The van der Waals surface area contributed by atoms with Gasteiger partial charge in [0, 0.05) is 25.2 Å². The quantitative estimate of drug-likeness (QED) is 0.535. The lowest BCUT2D eigenvalue weighted by Crippen LogP contribution is -2.35. The Hall–Kier alpha value is -2.98. The van der Waals surface area contributed by atoms with E-state index in [1.807, 2.05) is 0 Å². The summed E-state index contributed by atoms with van der Waals surface area (Å²) in [6, 6.07) is 10.4. The first-order chi connectivity index (χ1) is 13.3. The highest BCUT2D eigenvalue weighted by atomic mass is 19.4. The van der Waals surface area contributed by atoms with Gasteiger partial charge in [-0.25, -0.2) is 5.43 Å². The summed E-state index contributed by atoms with van der Waals surface area (Å²) in [5, 5.41) is 13.3. The van der Waals surface area contributed by atoms with Gasteiger partial charge in [0.05, 0.1) is 22.4 Å². The number of rotatable bonds is 5. The zero-order valence-corrected chi connectivity index (χ0v) is 14.5. The first kappa shape index (κ1) is 19.8. The average Bonchev–Trinajstić information content (AvgIpc) is 3.15. The van der Waals surface area contributed by atoms with Gasteiger partial charge in [-0.3, -0.25) is 20.3 Å². The Morgan fingerprint density at radius 3 is 2.50 bits per heavy atom. The summed E-state index contributed by atoms with van der Waals surface area (Å²) in [6.45, 7) is 0.0202. The van der Waals surface area contributed by atoms with Gasteiger partial charge in [0.25, 0.3) is 5.69 Å². The molecule has 0 radical (unpaired) electrons. The minimum atomic E-state index is -4.50. The van der Waals surface area contributed by atoms with Gasteiger partial charge in [-0.05, 0) is 17.2 Å². The molecule has 1 aliphatic rings. The monoisotopic (exact) mass is 394 g/mol. The van der Waals surface area contributed by atoms with Crippen LogP contribution >= 0.6 is 0 Å². The summed E-state index contributed by atoms with van der Waals surface area (Å²) >= 11 is 0. The summed E-state index contributed by atoms with van der Waals surface area (Å²) < 4.78 is 39.2. The van der Waals surface area contributed by atoms with Gasteiger partial charge < -0.3 is 5.32 Å². The smallest absolute Gasteiger partial charge is 0.352 e. The van der Waals surface area contributed by atoms with E-state index in [-0.39, 0.29) is 24.3 Å². The molecule has 1 fully saturated rings. The molecule has 148 valence electrons. The molecule has 0 spiro atoms. The number of nitro groups is 1. The van der Waals surface area contributed by atoms with Gasteiger partial charge in [-0.2, -0.15) is 13.2 Å². The van der Waals surface area contributed by atoms with E-state index in [0.29, 0.717) is 5.56 Å². The molecule has 28 heavy (non-hydrogen) atoms. The van der Waals surface area contributed by atoms with Crippen LogP contribution < -0.4 is 16.2 Å². The molecule has 1 amide bonds. The normalized spacial score (nSPS) is 19.4. The van der Waals surface area contributed by atoms with Gasteiger partial charge in [-0.15, -0.1) is 0 Å². The number of nitro benzene ring substituents is 1. The van der Waals surface area contributed by atoms with Crippen LogP contribution in [0, 0.1) is 16.0 Å². The Morgan fingerprint density at radius 1 is 1.18 bits per heavy atom. The van der Waals surface area contributed by atoms with E-state index in [1.165, 1.54) is 30.3 Å². The van der Waals surface area contributed by atoms with Gasteiger partial charge >= 0.3 is 6.18 Å². The van der Waals surface area contributed by atoms with Gasteiger partial charge in [-0.1, -0.05) is 30.3 Å². The lowest BCUT2D eigenvalue weighted by Gasteiger charge is -2.19. The number of non-ortho nitro benzene ring substituents is 1. The zero-order chi connectivity index (χ0) is 20.3. The molecule has 2 aromatic carbocycles. The van der Waals surface area contributed by atoms with Crippen molar-refractivity contribution in [2.45, 2.75) is 18.8 Å².